The summed E-state index contributed by atoms with van der Waals surface area (Å²) in [6, 6.07) is 0. The Morgan fingerprint density at radius 1 is 0.136 bits per heavy atom. The summed E-state index contributed by atoms with van der Waals surface area (Å²) in [6.45, 7) is 4.66. The first kappa shape index (κ1) is 23.5. The maximum atomic E-state index is 3.20. The van der Waals surface area contributed by atoms with Gasteiger partial charge in [0.25, 0.3) is 0 Å². The van der Waals surface area contributed by atoms with Crippen molar-refractivity contribution in [3.63, 3.8) is 0 Å². The molecule has 3 saturated heterocycles. The molecule has 2 heteroatoms. The van der Waals surface area contributed by atoms with Crippen LogP contribution in [-0.2, 0) is 11.1 Å². The Balaban J connectivity index is 1.26. The van der Waals surface area contributed by atoms with Crippen molar-refractivity contribution >= 4 is 291 Å². The second-order valence-corrected chi connectivity index (χ2v) is 25.1. The molecule has 28 aromatic carbocycles. The highest BCUT2D eigenvalue weighted by Crippen LogP contribution is 2.85. The zero-order valence-electron chi connectivity index (χ0n) is 33.7. The molecule has 274 valence electrons. The largest absolute Gasteiger partial charge is 0.285 e. The van der Waals surface area contributed by atoms with E-state index in [2.05, 4.69) is 9.80 Å². The van der Waals surface area contributed by atoms with E-state index >= 15 is 0 Å². The van der Waals surface area contributed by atoms with E-state index in [-0.39, 0.29) is 11.1 Å². The van der Waals surface area contributed by atoms with Gasteiger partial charge in [-0.05, 0) is 313 Å². The molecule has 0 atom stereocenters. The van der Waals surface area contributed by atoms with Crippen LogP contribution in [0, 0.1) is 0 Å². The summed E-state index contributed by atoms with van der Waals surface area (Å²) in [5.74, 6) is 0. The van der Waals surface area contributed by atoms with Crippen LogP contribution in [0.5, 0.6) is 0 Å². The van der Waals surface area contributed by atoms with E-state index in [9.17, 15) is 0 Å². The molecule has 0 saturated carbocycles. The zero-order valence-corrected chi connectivity index (χ0v) is 33.7. The minimum atomic E-state index is -0.241. The number of fused-ring (bicyclic) bond motifs is 2. The molecule has 0 amide bonds. The Bertz CT molecular complexity index is 6470. The van der Waals surface area contributed by atoms with Crippen molar-refractivity contribution < 1.29 is 0 Å². The number of nitrogens with zero attached hydrogens (tertiary/aromatic N) is 2. The number of hydrogen-bond acceptors (Lipinski definition) is 2. The van der Waals surface area contributed by atoms with Gasteiger partial charge in [0.2, 0.25) is 0 Å². The van der Waals surface area contributed by atoms with Crippen LogP contribution in [0.1, 0.15) is 22.3 Å². The molecule has 2 spiro atoms. The number of rotatable bonds is 0. The summed E-state index contributed by atoms with van der Waals surface area (Å²) in [7, 11) is 0. The lowest BCUT2D eigenvalue weighted by Gasteiger charge is -2.69. The molecule has 2 bridgehead atoms. The highest BCUT2D eigenvalue weighted by atomic mass is 15.4. The van der Waals surface area contributed by atoms with Crippen molar-refractivity contribution in [1.29, 1.82) is 0 Å². The first-order valence-corrected chi connectivity index (χ1v) is 25.2. The fraction of sp³-hybridized carbons (Fsp3) is 0.0938. The minimum Gasteiger partial charge on any atom is -0.285 e. The lowest BCUT2D eigenvalue weighted by molar-refractivity contribution is -0.128. The van der Waals surface area contributed by atoms with Gasteiger partial charge in [-0.1, -0.05) is 0 Å². The van der Waals surface area contributed by atoms with Gasteiger partial charge in [0, 0.05) is 26.2 Å². The van der Waals surface area contributed by atoms with Crippen molar-refractivity contribution in [3.05, 3.63) is 22.3 Å². The molecular weight excluding hydrogens is 797 g/mol. The van der Waals surface area contributed by atoms with Crippen molar-refractivity contribution in [2.24, 2.45) is 0 Å². The highest BCUT2D eigenvalue weighted by Gasteiger charge is 2.76. The van der Waals surface area contributed by atoms with Crippen molar-refractivity contribution in [3.8, 4) is 0 Å². The Hall–Kier alpha value is -7.62. The standard InChI is InChI=1S/C64H8N2/c1-2-66-4-3-65(1)63-59-51-43-33-23-15-7-5-6-9-13-11(7)19-27-21(13)31-25-17(9)18-10(6)14-12-8(5)16(15)24-30-20(12)28-22(14)32-26(18)36-35(25)45-39(31)49-41(27)47(37(43)29(19)23)55(59)57(49)61-53(45)54-46(36)40(32)50-42(28)48-38(30)44(34(24)33)52(51)60(63)56(48)58(50)62(54)64(61,63)66/h1-4H2. The third-order valence-corrected chi connectivity index (χ3v) is 25.4. The molecule has 3 fully saturated rings. The van der Waals surface area contributed by atoms with Gasteiger partial charge in [0.05, 0.1) is 0 Å². The normalized spacial score (nSPS) is 26.4. The van der Waals surface area contributed by atoms with Gasteiger partial charge in [-0.25, -0.2) is 0 Å². The number of piperazine rings is 3. The third-order valence-electron chi connectivity index (χ3n) is 25.4. The monoisotopic (exact) mass is 804 g/mol. The first-order valence-electron chi connectivity index (χ1n) is 25.2. The Kier molecular flexibility index (Phi) is 1.83. The predicted molar refractivity (Wildman–Crippen MR) is 277 cm³/mol. The SMILES string of the molecule is C1CN2CCN1C13c4c5c6c7c8c9c(c%10c%11c1c1c4c4c%12c5c5c6c6c8c8c%13c9c9c%10c%10c%11c%11c1c1c4c4c%12c%12c5c5c6c8c6c8c%13c9c9c%10c%10c%11c1c1c4c4c%12c5c6c5c8c9c%10c1c45)C723. The van der Waals surface area contributed by atoms with Crippen LogP contribution in [0.4, 0.5) is 0 Å². The van der Waals surface area contributed by atoms with Crippen LogP contribution in [0.2, 0.25) is 0 Å². The second kappa shape index (κ2) is 5.14. The minimum absolute atomic E-state index is 0.241. The van der Waals surface area contributed by atoms with Crippen LogP contribution in [0.3, 0.4) is 0 Å². The number of hydrogen-bond donors (Lipinski definition) is 0. The summed E-state index contributed by atoms with van der Waals surface area (Å²) in [5, 5.41) is 91.4. The molecule has 0 unspecified atom stereocenters. The molecular formula is C64H8N2. The van der Waals surface area contributed by atoms with Gasteiger partial charge >= 0.3 is 0 Å². The van der Waals surface area contributed by atoms with E-state index in [1.165, 1.54) is 26.2 Å². The van der Waals surface area contributed by atoms with Gasteiger partial charge in [0.1, 0.15) is 11.1 Å². The topological polar surface area (TPSA) is 6.48 Å². The first-order chi connectivity index (χ1) is 32.9. The molecule has 35 rings (SSSR count). The van der Waals surface area contributed by atoms with E-state index in [0.717, 1.165) is 0 Å². The molecule has 3 aliphatic heterocycles. The van der Waals surface area contributed by atoms with E-state index in [0.29, 0.717) is 0 Å². The van der Waals surface area contributed by atoms with Crippen LogP contribution < -0.4 is 0 Å². The summed E-state index contributed by atoms with van der Waals surface area (Å²) in [6.07, 6.45) is 0. The van der Waals surface area contributed by atoms with E-state index in [4.69, 9.17) is 0 Å². The maximum Gasteiger partial charge on any atom is 0.101 e. The van der Waals surface area contributed by atoms with Crippen molar-refractivity contribution in [2.45, 2.75) is 11.1 Å². The van der Waals surface area contributed by atoms with E-state index in [1.54, 1.807) is 313 Å². The summed E-state index contributed by atoms with van der Waals surface area (Å²) < 4.78 is 0. The maximum absolute atomic E-state index is 3.20. The van der Waals surface area contributed by atoms with Crippen LogP contribution >= 0.6 is 0 Å². The van der Waals surface area contributed by atoms with Gasteiger partial charge in [0.15, 0.2) is 0 Å². The second-order valence-electron chi connectivity index (χ2n) is 25.1. The highest BCUT2D eigenvalue weighted by molar-refractivity contribution is 6.82. The average Bonchev–Trinajstić information content (AvgIpc) is 4.20. The smallest absolute Gasteiger partial charge is 0.101 e. The van der Waals surface area contributed by atoms with Crippen molar-refractivity contribution in [2.75, 3.05) is 26.2 Å². The van der Waals surface area contributed by atoms with E-state index < -0.39 is 0 Å². The molecule has 66 heavy (non-hydrogen) atoms. The molecule has 3 heterocycles. The Morgan fingerprint density at radius 3 is 0.333 bits per heavy atom. The number of benzene rings is 18. The van der Waals surface area contributed by atoms with Crippen LogP contribution in [0.25, 0.3) is 291 Å². The molecule has 0 N–H and O–H groups in total. The average molecular weight is 805 g/mol. The summed E-state index contributed by atoms with van der Waals surface area (Å²) in [5.41, 5.74) is 6.69. The van der Waals surface area contributed by atoms with Gasteiger partial charge < -0.3 is 0 Å². The molecule has 4 aliphatic carbocycles. The molecule has 28 aromatic rings. The van der Waals surface area contributed by atoms with Gasteiger partial charge in [-0.15, -0.1) is 0 Å². The predicted octanol–water partition coefficient (Wildman–Crippen LogP) is 15.8. The molecule has 7 aliphatic rings. The quantitative estimate of drug-likeness (QED) is 0.141. The summed E-state index contributed by atoms with van der Waals surface area (Å²) in [4.78, 5) is 6.39. The van der Waals surface area contributed by atoms with E-state index in [1.807, 2.05) is 0 Å². The fourth-order valence-electron chi connectivity index (χ4n) is 25.6. The lowest BCUT2D eigenvalue weighted by atomic mass is 9.54. The Morgan fingerprint density at radius 2 is 0.227 bits per heavy atom. The van der Waals surface area contributed by atoms with Gasteiger partial charge in [-0.2, -0.15) is 0 Å². The molecule has 2 nitrogen and oxygen atoms in total. The Labute approximate surface area is 358 Å². The molecule has 0 radical (unpaired) electrons. The third kappa shape index (κ3) is 1.15. The van der Waals surface area contributed by atoms with Crippen molar-refractivity contribution in [1.82, 2.24) is 9.80 Å². The van der Waals surface area contributed by atoms with Gasteiger partial charge in [-0.3, -0.25) is 9.80 Å². The zero-order chi connectivity index (χ0) is 38.5. The fourth-order valence-corrected chi connectivity index (χ4v) is 25.6. The lowest BCUT2D eigenvalue weighted by Crippen LogP contribution is -2.77. The summed E-state index contributed by atoms with van der Waals surface area (Å²) >= 11 is 0. The van der Waals surface area contributed by atoms with Crippen LogP contribution in [0.15, 0.2) is 0 Å². The molecule has 0 aromatic heterocycles. The van der Waals surface area contributed by atoms with Crippen LogP contribution in [-0.4, -0.2) is 36.0 Å².